The third-order valence-corrected chi connectivity index (χ3v) is 5.67. The fraction of sp³-hybridized carbons (Fsp3) is 0.692. The summed E-state index contributed by atoms with van der Waals surface area (Å²) in [6, 6.07) is -0.176. The average molecular weight is 299 g/mol. The molecule has 1 aliphatic heterocycles. The van der Waals surface area contributed by atoms with Gasteiger partial charge in [-0.1, -0.05) is 0 Å². The van der Waals surface area contributed by atoms with E-state index in [2.05, 4.69) is 10.2 Å². The van der Waals surface area contributed by atoms with Gasteiger partial charge in [0.1, 0.15) is 0 Å². The number of amides is 1. The standard InChI is InChI=1S/C13H21N3O3S/c1-4-16(11-5-6-20(18,19)8-11)13(17)7-12-9(2)14-15-10(12)3/h11H,4-8H2,1-3H3,(H,14,15). The van der Waals surface area contributed by atoms with Crippen LogP contribution in [-0.4, -0.2) is 53.5 Å². The molecule has 1 saturated heterocycles. The first kappa shape index (κ1) is 15.0. The van der Waals surface area contributed by atoms with Gasteiger partial charge < -0.3 is 4.90 Å². The number of sulfone groups is 1. The number of aryl methyl sites for hydroxylation is 2. The molecule has 1 aliphatic rings. The van der Waals surface area contributed by atoms with Crippen molar-refractivity contribution in [2.45, 2.75) is 39.7 Å². The average Bonchev–Trinajstić information content (AvgIpc) is 2.87. The minimum absolute atomic E-state index is 0.0257. The Morgan fingerprint density at radius 3 is 2.60 bits per heavy atom. The van der Waals surface area contributed by atoms with Crippen molar-refractivity contribution in [3.63, 3.8) is 0 Å². The largest absolute Gasteiger partial charge is 0.339 e. The number of carbonyl (C=O) groups excluding carboxylic acids is 1. The van der Waals surface area contributed by atoms with E-state index in [1.165, 1.54) is 0 Å². The van der Waals surface area contributed by atoms with E-state index >= 15 is 0 Å². The molecule has 0 saturated carbocycles. The number of hydrogen-bond donors (Lipinski definition) is 1. The molecule has 20 heavy (non-hydrogen) atoms. The van der Waals surface area contributed by atoms with Gasteiger partial charge in [-0.15, -0.1) is 0 Å². The van der Waals surface area contributed by atoms with Crippen molar-refractivity contribution in [3.8, 4) is 0 Å². The fourth-order valence-electron chi connectivity index (χ4n) is 2.75. The van der Waals surface area contributed by atoms with E-state index in [-0.39, 0.29) is 29.9 Å². The van der Waals surface area contributed by atoms with Crippen LogP contribution in [0.2, 0.25) is 0 Å². The Labute approximate surface area is 119 Å². The number of nitrogens with zero attached hydrogens (tertiary/aromatic N) is 2. The van der Waals surface area contributed by atoms with E-state index in [0.717, 1.165) is 17.0 Å². The van der Waals surface area contributed by atoms with Crippen molar-refractivity contribution < 1.29 is 13.2 Å². The van der Waals surface area contributed by atoms with Crippen LogP contribution in [-0.2, 0) is 21.1 Å². The molecule has 1 fully saturated rings. The quantitative estimate of drug-likeness (QED) is 0.882. The summed E-state index contributed by atoms with van der Waals surface area (Å²) in [6.45, 7) is 6.17. The molecule has 0 spiro atoms. The number of H-pyrrole nitrogens is 1. The Bertz CT molecular complexity index is 587. The summed E-state index contributed by atoms with van der Waals surface area (Å²) in [4.78, 5) is 14.1. The lowest BCUT2D eigenvalue weighted by Crippen LogP contribution is -2.41. The van der Waals surface area contributed by atoms with Crippen LogP contribution < -0.4 is 0 Å². The maximum atomic E-state index is 12.4. The molecule has 2 heterocycles. The Balaban J connectivity index is 2.11. The Morgan fingerprint density at radius 2 is 2.15 bits per heavy atom. The van der Waals surface area contributed by atoms with Crippen molar-refractivity contribution >= 4 is 15.7 Å². The lowest BCUT2D eigenvalue weighted by Gasteiger charge is -2.27. The van der Waals surface area contributed by atoms with Crippen LogP contribution in [0.25, 0.3) is 0 Å². The fourth-order valence-corrected chi connectivity index (χ4v) is 4.48. The number of hydrogen-bond acceptors (Lipinski definition) is 4. The molecule has 7 heteroatoms. The van der Waals surface area contributed by atoms with Crippen molar-refractivity contribution in [1.29, 1.82) is 0 Å². The third-order valence-electron chi connectivity index (χ3n) is 3.92. The zero-order valence-electron chi connectivity index (χ0n) is 12.1. The zero-order chi connectivity index (χ0) is 14.9. The molecular weight excluding hydrogens is 278 g/mol. The SMILES string of the molecule is CCN(C(=O)Cc1c(C)n[nH]c1C)C1CCS(=O)(=O)C1. The third kappa shape index (κ3) is 3.03. The van der Waals surface area contributed by atoms with Gasteiger partial charge in [0.25, 0.3) is 0 Å². The Kier molecular flexibility index (Phi) is 4.17. The first-order chi connectivity index (χ1) is 9.34. The molecular formula is C13H21N3O3S. The monoisotopic (exact) mass is 299 g/mol. The summed E-state index contributed by atoms with van der Waals surface area (Å²) in [7, 11) is -2.97. The predicted octanol–water partition coefficient (Wildman–Crippen LogP) is 0.605. The van der Waals surface area contributed by atoms with Crippen LogP contribution in [0.5, 0.6) is 0 Å². The van der Waals surface area contributed by atoms with Crippen molar-refractivity contribution in [1.82, 2.24) is 15.1 Å². The number of carbonyl (C=O) groups is 1. The number of aromatic amines is 1. The van der Waals surface area contributed by atoms with Gasteiger partial charge >= 0.3 is 0 Å². The molecule has 112 valence electrons. The highest BCUT2D eigenvalue weighted by atomic mass is 32.2. The molecule has 1 amide bonds. The first-order valence-electron chi connectivity index (χ1n) is 6.84. The minimum Gasteiger partial charge on any atom is -0.339 e. The summed E-state index contributed by atoms with van der Waals surface area (Å²) in [6.07, 6.45) is 0.823. The minimum atomic E-state index is -2.97. The van der Waals surface area contributed by atoms with E-state index in [1.807, 2.05) is 20.8 Å². The molecule has 0 bridgehead atoms. The number of aromatic nitrogens is 2. The van der Waals surface area contributed by atoms with Gasteiger partial charge in [0.15, 0.2) is 9.84 Å². The molecule has 2 rings (SSSR count). The van der Waals surface area contributed by atoms with Gasteiger partial charge in [-0.25, -0.2) is 8.42 Å². The van der Waals surface area contributed by atoms with Crippen molar-refractivity contribution in [2.75, 3.05) is 18.1 Å². The molecule has 1 aromatic rings. The van der Waals surface area contributed by atoms with E-state index in [0.29, 0.717) is 13.0 Å². The van der Waals surface area contributed by atoms with Crippen molar-refractivity contribution in [3.05, 3.63) is 17.0 Å². The Hall–Kier alpha value is -1.37. The second kappa shape index (κ2) is 5.55. The highest BCUT2D eigenvalue weighted by Crippen LogP contribution is 2.19. The molecule has 0 aliphatic carbocycles. The smallest absolute Gasteiger partial charge is 0.227 e. The molecule has 1 aromatic heterocycles. The maximum Gasteiger partial charge on any atom is 0.227 e. The lowest BCUT2D eigenvalue weighted by atomic mass is 10.1. The molecule has 1 unspecified atom stereocenters. The topological polar surface area (TPSA) is 83.1 Å². The summed E-state index contributed by atoms with van der Waals surface area (Å²) in [5.41, 5.74) is 2.63. The summed E-state index contributed by atoms with van der Waals surface area (Å²) < 4.78 is 23.1. The second-order valence-corrected chi connectivity index (χ2v) is 7.55. The van der Waals surface area contributed by atoms with Crippen molar-refractivity contribution in [2.24, 2.45) is 0 Å². The molecule has 0 aromatic carbocycles. The normalized spacial score (nSPS) is 21.1. The maximum absolute atomic E-state index is 12.4. The van der Waals surface area contributed by atoms with E-state index in [9.17, 15) is 13.2 Å². The zero-order valence-corrected chi connectivity index (χ0v) is 13.0. The molecule has 1 atom stereocenters. The second-order valence-electron chi connectivity index (χ2n) is 5.33. The van der Waals surface area contributed by atoms with Gasteiger partial charge in [-0.3, -0.25) is 9.89 Å². The van der Waals surface area contributed by atoms with Crippen LogP contribution in [0.1, 0.15) is 30.3 Å². The van der Waals surface area contributed by atoms with E-state index < -0.39 is 9.84 Å². The molecule has 0 radical (unpaired) electrons. The van der Waals surface area contributed by atoms with Crippen LogP contribution in [0.4, 0.5) is 0 Å². The first-order valence-corrected chi connectivity index (χ1v) is 8.66. The van der Waals surface area contributed by atoms with Crippen LogP contribution in [0.3, 0.4) is 0 Å². The van der Waals surface area contributed by atoms with Crippen LogP contribution >= 0.6 is 0 Å². The number of likely N-dealkylation sites (N-methyl/N-ethyl adjacent to an activating group) is 1. The lowest BCUT2D eigenvalue weighted by molar-refractivity contribution is -0.132. The number of rotatable bonds is 4. The number of nitrogens with one attached hydrogen (secondary N) is 1. The van der Waals surface area contributed by atoms with Gasteiger partial charge in [-0.2, -0.15) is 5.10 Å². The highest BCUT2D eigenvalue weighted by molar-refractivity contribution is 7.91. The van der Waals surface area contributed by atoms with Gasteiger partial charge in [-0.05, 0) is 27.2 Å². The van der Waals surface area contributed by atoms with Gasteiger partial charge in [0.05, 0.1) is 23.6 Å². The van der Waals surface area contributed by atoms with E-state index in [1.54, 1.807) is 4.90 Å². The summed E-state index contributed by atoms with van der Waals surface area (Å²) in [5, 5.41) is 6.95. The van der Waals surface area contributed by atoms with Crippen LogP contribution in [0, 0.1) is 13.8 Å². The van der Waals surface area contributed by atoms with Gasteiger partial charge in [0.2, 0.25) is 5.91 Å². The molecule has 6 nitrogen and oxygen atoms in total. The summed E-state index contributed by atoms with van der Waals surface area (Å²) >= 11 is 0. The Morgan fingerprint density at radius 1 is 1.45 bits per heavy atom. The van der Waals surface area contributed by atoms with Gasteiger partial charge in [0, 0.05) is 23.8 Å². The van der Waals surface area contributed by atoms with E-state index in [4.69, 9.17) is 0 Å². The summed E-state index contributed by atoms with van der Waals surface area (Å²) in [5.74, 6) is 0.253. The predicted molar refractivity (Wildman–Crippen MR) is 76.2 cm³/mol. The van der Waals surface area contributed by atoms with Crippen LogP contribution in [0.15, 0.2) is 0 Å². The highest BCUT2D eigenvalue weighted by Gasteiger charge is 2.34. The molecule has 1 N–H and O–H groups in total.